The van der Waals surface area contributed by atoms with E-state index in [1.165, 1.54) is 0 Å². The molecule has 0 aromatic heterocycles. The van der Waals surface area contributed by atoms with E-state index in [0.29, 0.717) is 38.6 Å². The molecule has 4 N–H and O–H groups in total. The Morgan fingerprint density at radius 3 is 2.08 bits per heavy atom. The van der Waals surface area contributed by atoms with E-state index in [1.54, 1.807) is 0 Å². The summed E-state index contributed by atoms with van der Waals surface area (Å²) in [4.78, 5) is 35.7. The Labute approximate surface area is 237 Å². The van der Waals surface area contributed by atoms with Crippen molar-refractivity contribution in [3.8, 4) is 0 Å². The van der Waals surface area contributed by atoms with E-state index in [2.05, 4.69) is 55.6 Å². The molecule has 2 unspecified atom stereocenters. The summed E-state index contributed by atoms with van der Waals surface area (Å²) in [5.74, 6) is -1.37. The van der Waals surface area contributed by atoms with Gasteiger partial charge in [0.1, 0.15) is 12.1 Å². The maximum absolute atomic E-state index is 12.4. The van der Waals surface area contributed by atoms with Crippen molar-refractivity contribution in [3.63, 3.8) is 0 Å². The third-order valence-electron chi connectivity index (χ3n) is 6.47. The third kappa shape index (κ3) is 24.4. The molecule has 7 heteroatoms. The van der Waals surface area contributed by atoms with E-state index >= 15 is 0 Å². The van der Waals surface area contributed by atoms with Crippen molar-refractivity contribution >= 4 is 17.8 Å². The van der Waals surface area contributed by atoms with Gasteiger partial charge in [-0.2, -0.15) is 0 Å². The van der Waals surface area contributed by atoms with Gasteiger partial charge in [-0.15, -0.1) is 0 Å². The molecule has 39 heavy (non-hydrogen) atoms. The number of esters is 1. The van der Waals surface area contributed by atoms with Crippen LogP contribution in [0.15, 0.2) is 36.5 Å². The number of rotatable bonds is 26. The monoisotopic (exact) mass is 548 g/mol. The van der Waals surface area contributed by atoms with E-state index in [4.69, 9.17) is 10.5 Å². The molecule has 0 radical (unpaired) electrons. The molecule has 1 amide bonds. The van der Waals surface area contributed by atoms with Crippen molar-refractivity contribution in [2.24, 2.45) is 5.73 Å². The molecule has 0 heterocycles. The second-order valence-corrected chi connectivity index (χ2v) is 10.1. The molecule has 224 valence electrons. The quantitative estimate of drug-likeness (QED) is 0.0599. The molecule has 0 saturated carbocycles. The summed E-state index contributed by atoms with van der Waals surface area (Å²) in [7, 11) is 0. The number of nitrogens with one attached hydrogen (secondary N) is 1. The van der Waals surface area contributed by atoms with Crippen molar-refractivity contribution in [3.05, 3.63) is 36.5 Å². The SMILES string of the molecule is CC/C=C\C/C=C\C/C=C\CCCCCC(=O)OC(CCCC)CCCCCC(=O)NC(CCCN)C(=O)O. The summed E-state index contributed by atoms with van der Waals surface area (Å²) in [6.45, 7) is 4.67. The Morgan fingerprint density at radius 1 is 0.769 bits per heavy atom. The number of carbonyl (C=O) groups excluding carboxylic acids is 2. The number of hydrogen-bond acceptors (Lipinski definition) is 5. The van der Waals surface area contributed by atoms with E-state index in [-0.39, 0.29) is 18.0 Å². The van der Waals surface area contributed by atoms with Gasteiger partial charge in [-0.3, -0.25) is 9.59 Å². The summed E-state index contributed by atoms with van der Waals surface area (Å²) in [6, 6.07) is -0.874. The standard InChI is InChI=1S/C32H56N2O5/c1-3-5-7-8-9-10-11-12-13-14-15-16-20-26-31(36)39-28(22-6-4-2)23-18-17-19-25-30(35)34-29(32(37)38)24-21-27-33/h5,7,9-10,12-13,28-29H,3-4,6,8,11,14-27,33H2,1-2H3,(H,34,35)(H,37,38)/b7-5-,10-9-,13-12-. The Morgan fingerprint density at radius 2 is 1.41 bits per heavy atom. The lowest BCUT2D eigenvalue weighted by molar-refractivity contribution is -0.150. The van der Waals surface area contributed by atoms with Gasteiger partial charge < -0.3 is 20.9 Å². The van der Waals surface area contributed by atoms with Crippen LogP contribution >= 0.6 is 0 Å². The van der Waals surface area contributed by atoms with E-state index in [9.17, 15) is 19.5 Å². The number of carboxylic acid groups (broad SMARTS) is 1. The van der Waals surface area contributed by atoms with Gasteiger partial charge in [-0.1, -0.05) is 76.0 Å². The zero-order valence-corrected chi connectivity index (χ0v) is 24.7. The van der Waals surface area contributed by atoms with Gasteiger partial charge in [0.05, 0.1) is 0 Å². The molecular weight excluding hydrogens is 492 g/mol. The highest BCUT2D eigenvalue weighted by Crippen LogP contribution is 2.16. The fourth-order valence-electron chi connectivity index (χ4n) is 4.15. The normalized spacial score (nSPS) is 13.3. The third-order valence-corrected chi connectivity index (χ3v) is 6.47. The van der Waals surface area contributed by atoms with Crippen LogP contribution in [0.25, 0.3) is 0 Å². The summed E-state index contributed by atoms with van der Waals surface area (Å²) in [6.07, 6.45) is 28.0. The molecular formula is C32H56N2O5. The zero-order valence-electron chi connectivity index (χ0n) is 24.7. The average Bonchev–Trinajstić information content (AvgIpc) is 2.91. The zero-order chi connectivity index (χ0) is 29.0. The summed E-state index contributed by atoms with van der Waals surface area (Å²) >= 11 is 0. The highest BCUT2D eigenvalue weighted by molar-refractivity contribution is 5.83. The number of hydrogen-bond donors (Lipinski definition) is 3. The van der Waals surface area contributed by atoms with Gasteiger partial charge in [0.25, 0.3) is 0 Å². The Hall–Kier alpha value is -2.41. The van der Waals surface area contributed by atoms with Crippen molar-refractivity contribution in [1.29, 1.82) is 0 Å². The van der Waals surface area contributed by atoms with Crippen LogP contribution in [0.5, 0.6) is 0 Å². The largest absolute Gasteiger partial charge is 0.480 e. The molecule has 0 aromatic carbocycles. The van der Waals surface area contributed by atoms with Gasteiger partial charge in [0, 0.05) is 12.8 Å². The lowest BCUT2D eigenvalue weighted by Gasteiger charge is -2.18. The van der Waals surface area contributed by atoms with Gasteiger partial charge in [-0.05, 0) is 83.6 Å². The molecule has 0 aliphatic rings. The topological polar surface area (TPSA) is 119 Å². The van der Waals surface area contributed by atoms with Gasteiger partial charge in [-0.25, -0.2) is 4.79 Å². The number of ether oxygens (including phenoxy) is 1. The van der Waals surface area contributed by atoms with Gasteiger partial charge in [0.15, 0.2) is 0 Å². The van der Waals surface area contributed by atoms with Crippen LogP contribution < -0.4 is 11.1 Å². The Kier molecular flexibility index (Phi) is 25.5. The minimum Gasteiger partial charge on any atom is -0.480 e. The lowest BCUT2D eigenvalue weighted by Crippen LogP contribution is -2.40. The van der Waals surface area contributed by atoms with Gasteiger partial charge >= 0.3 is 11.9 Å². The van der Waals surface area contributed by atoms with Gasteiger partial charge in [0.2, 0.25) is 5.91 Å². The fourth-order valence-corrected chi connectivity index (χ4v) is 4.15. The average molecular weight is 549 g/mol. The molecule has 0 saturated heterocycles. The lowest BCUT2D eigenvalue weighted by atomic mass is 10.0. The summed E-state index contributed by atoms with van der Waals surface area (Å²) < 4.78 is 5.78. The van der Waals surface area contributed by atoms with Crippen LogP contribution in [0.4, 0.5) is 0 Å². The molecule has 0 aromatic rings. The van der Waals surface area contributed by atoms with E-state index in [0.717, 1.165) is 83.5 Å². The van der Waals surface area contributed by atoms with E-state index in [1.807, 2.05) is 0 Å². The number of amides is 1. The van der Waals surface area contributed by atoms with Crippen LogP contribution in [-0.2, 0) is 19.1 Å². The fraction of sp³-hybridized carbons (Fsp3) is 0.719. The molecule has 0 bridgehead atoms. The molecule has 0 rings (SSSR count). The first-order chi connectivity index (χ1) is 18.9. The first kappa shape index (κ1) is 36.6. The maximum Gasteiger partial charge on any atom is 0.326 e. The summed E-state index contributed by atoms with van der Waals surface area (Å²) in [5.41, 5.74) is 5.43. The van der Waals surface area contributed by atoms with Crippen LogP contribution in [-0.4, -0.2) is 41.6 Å². The highest BCUT2D eigenvalue weighted by Gasteiger charge is 2.19. The first-order valence-electron chi connectivity index (χ1n) is 15.3. The number of allylic oxidation sites excluding steroid dienone is 6. The predicted molar refractivity (Wildman–Crippen MR) is 160 cm³/mol. The van der Waals surface area contributed by atoms with Crippen molar-refractivity contribution in [2.45, 2.75) is 142 Å². The first-order valence-corrected chi connectivity index (χ1v) is 15.3. The number of unbranched alkanes of at least 4 members (excludes halogenated alkanes) is 6. The summed E-state index contributed by atoms with van der Waals surface area (Å²) in [5, 5.41) is 11.8. The van der Waals surface area contributed by atoms with Crippen LogP contribution in [0.3, 0.4) is 0 Å². The Bertz CT molecular complexity index is 717. The molecule has 7 nitrogen and oxygen atoms in total. The van der Waals surface area contributed by atoms with Crippen LogP contribution in [0.1, 0.15) is 129 Å². The van der Waals surface area contributed by atoms with E-state index < -0.39 is 12.0 Å². The van der Waals surface area contributed by atoms with Crippen molar-refractivity contribution < 1.29 is 24.2 Å². The minimum atomic E-state index is -1.02. The molecule has 0 spiro atoms. The number of carboxylic acids is 1. The van der Waals surface area contributed by atoms with Crippen molar-refractivity contribution in [1.82, 2.24) is 5.32 Å². The number of aliphatic carboxylic acids is 1. The van der Waals surface area contributed by atoms with Crippen LogP contribution in [0, 0.1) is 0 Å². The Balaban J connectivity index is 4.06. The maximum atomic E-state index is 12.4. The second-order valence-electron chi connectivity index (χ2n) is 10.1. The second kappa shape index (κ2) is 27.2. The predicted octanol–water partition coefficient (Wildman–Crippen LogP) is 7.16. The molecule has 2 atom stereocenters. The molecule has 0 fully saturated rings. The molecule has 0 aliphatic heterocycles. The van der Waals surface area contributed by atoms with Crippen molar-refractivity contribution in [2.75, 3.05) is 6.54 Å². The smallest absolute Gasteiger partial charge is 0.326 e. The minimum absolute atomic E-state index is 0.0626. The molecule has 0 aliphatic carbocycles. The van der Waals surface area contributed by atoms with Crippen LogP contribution in [0.2, 0.25) is 0 Å². The highest BCUT2D eigenvalue weighted by atomic mass is 16.5. The number of carbonyl (C=O) groups is 3. The number of nitrogens with two attached hydrogens (primary N) is 1.